The summed E-state index contributed by atoms with van der Waals surface area (Å²) < 4.78 is 3.87. The second-order valence-corrected chi connectivity index (χ2v) is 5.81. The van der Waals surface area contributed by atoms with Crippen molar-refractivity contribution in [1.29, 1.82) is 0 Å². The fourth-order valence-corrected chi connectivity index (χ4v) is 3.08. The number of fused-ring (bicyclic) bond motifs is 1. The van der Waals surface area contributed by atoms with Crippen molar-refractivity contribution in [3.63, 3.8) is 0 Å². The molecule has 0 fully saturated rings. The van der Waals surface area contributed by atoms with Crippen LogP contribution in [0.25, 0.3) is 5.65 Å². The van der Waals surface area contributed by atoms with Crippen molar-refractivity contribution in [2.75, 3.05) is 5.73 Å². The molecule has 6 nitrogen and oxygen atoms in total. The van der Waals surface area contributed by atoms with E-state index in [1.54, 1.807) is 0 Å². The number of nitrogens with zero attached hydrogens (tertiary/aromatic N) is 5. The molecule has 20 heavy (non-hydrogen) atoms. The Morgan fingerprint density at radius 3 is 2.80 bits per heavy atom. The minimum Gasteiger partial charge on any atom is -0.395 e. The first kappa shape index (κ1) is 13.0. The van der Waals surface area contributed by atoms with E-state index in [4.69, 9.17) is 5.73 Å². The van der Waals surface area contributed by atoms with Crippen LogP contribution in [-0.4, -0.2) is 24.4 Å². The monoisotopic (exact) mass is 288 g/mol. The largest absolute Gasteiger partial charge is 0.395 e. The molecule has 0 radical (unpaired) electrons. The van der Waals surface area contributed by atoms with Crippen LogP contribution in [0.1, 0.15) is 25.6 Å². The topological polar surface area (TPSA) is 74.0 Å². The molecule has 0 bridgehead atoms. The maximum absolute atomic E-state index is 6.14. The van der Waals surface area contributed by atoms with Gasteiger partial charge in [-0.1, -0.05) is 6.07 Å². The van der Waals surface area contributed by atoms with Crippen LogP contribution >= 0.6 is 11.8 Å². The van der Waals surface area contributed by atoms with Gasteiger partial charge in [-0.05, 0) is 44.7 Å². The summed E-state index contributed by atoms with van der Waals surface area (Å²) in [6.07, 6.45) is 1.94. The number of aryl methyl sites for hydroxylation is 1. The molecule has 0 aromatic carbocycles. The first-order valence-corrected chi connectivity index (χ1v) is 7.21. The summed E-state index contributed by atoms with van der Waals surface area (Å²) in [6, 6.07) is 6.06. The van der Waals surface area contributed by atoms with Crippen LogP contribution in [0.15, 0.2) is 34.6 Å². The molecule has 3 aromatic rings. The van der Waals surface area contributed by atoms with E-state index in [0.29, 0.717) is 5.69 Å². The molecule has 7 heteroatoms. The summed E-state index contributed by atoms with van der Waals surface area (Å²) in [4.78, 5) is 0. The maximum Gasteiger partial charge on any atom is 0.201 e. The highest BCUT2D eigenvalue weighted by molar-refractivity contribution is 7.99. The number of pyridine rings is 1. The highest BCUT2D eigenvalue weighted by atomic mass is 32.2. The van der Waals surface area contributed by atoms with E-state index in [9.17, 15) is 0 Å². The number of nitrogens with two attached hydrogens (primary N) is 1. The summed E-state index contributed by atoms with van der Waals surface area (Å²) in [5, 5.41) is 14.6. The first-order chi connectivity index (χ1) is 9.58. The van der Waals surface area contributed by atoms with Crippen LogP contribution in [0.4, 0.5) is 5.69 Å². The zero-order valence-corrected chi connectivity index (χ0v) is 12.4. The number of nitrogen functional groups attached to an aromatic ring is 1. The molecule has 3 rings (SSSR count). The van der Waals surface area contributed by atoms with Crippen molar-refractivity contribution in [3.8, 4) is 0 Å². The van der Waals surface area contributed by atoms with Crippen molar-refractivity contribution in [2.45, 2.75) is 37.0 Å². The van der Waals surface area contributed by atoms with Gasteiger partial charge >= 0.3 is 0 Å². The summed E-state index contributed by atoms with van der Waals surface area (Å²) in [5.41, 5.74) is 8.51. The highest BCUT2D eigenvalue weighted by Crippen LogP contribution is 2.34. The lowest BCUT2D eigenvalue weighted by Gasteiger charge is -2.10. The third kappa shape index (κ3) is 2.03. The highest BCUT2D eigenvalue weighted by Gasteiger charge is 2.18. The predicted octanol–water partition coefficient (Wildman–Crippen LogP) is 2.55. The van der Waals surface area contributed by atoms with Gasteiger partial charge in [0.15, 0.2) is 5.65 Å². The molecule has 3 heterocycles. The zero-order chi connectivity index (χ0) is 14.3. The average Bonchev–Trinajstić information content (AvgIpc) is 2.96. The van der Waals surface area contributed by atoms with Gasteiger partial charge in [-0.25, -0.2) is 0 Å². The number of anilines is 1. The quantitative estimate of drug-likeness (QED) is 0.801. The SMILES string of the molecule is Cc1nn(C(C)C)c(Sc2nnc3ccccn23)c1N. The molecule has 104 valence electrons. The zero-order valence-electron chi connectivity index (χ0n) is 11.6. The van der Waals surface area contributed by atoms with Gasteiger partial charge in [0.25, 0.3) is 0 Å². The fraction of sp³-hybridized carbons (Fsp3) is 0.308. The number of hydrogen-bond donors (Lipinski definition) is 1. The third-order valence-electron chi connectivity index (χ3n) is 3.05. The standard InChI is InChI=1S/C13H16N6S/c1-8(2)19-12(11(14)9(3)17-19)20-13-16-15-10-6-4-5-7-18(10)13/h4-8H,14H2,1-3H3. The predicted molar refractivity (Wildman–Crippen MR) is 78.9 cm³/mol. The van der Waals surface area contributed by atoms with Gasteiger partial charge in [-0.2, -0.15) is 5.10 Å². The second-order valence-electron chi connectivity index (χ2n) is 4.86. The molecule has 0 amide bonds. The Labute approximate surface area is 121 Å². The van der Waals surface area contributed by atoms with Gasteiger partial charge in [0.05, 0.1) is 11.4 Å². The van der Waals surface area contributed by atoms with E-state index < -0.39 is 0 Å². The molecule has 0 spiro atoms. The van der Waals surface area contributed by atoms with Gasteiger partial charge < -0.3 is 5.73 Å². The Kier molecular flexibility index (Phi) is 3.13. The van der Waals surface area contributed by atoms with Gasteiger partial charge in [0, 0.05) is 12.2 Å². The Morgan fingerprint density at radius 1 is 1.25 bits per heavy atom. The van der Waals surface area contributed by atoms with E-state index in [2.05, 4.69) is 29.1 Å². The molecule has 0 saturated carbocycles. The molecular formula is C13H16N6S. The molecule has 0 atom stereocenters. The van der Waals surface area contributed by atoms with Crippen LogP contribution in [-0.2, 0) is 0 Å². The lowest BCUT2D eigenvalue weighted by molar-refractivity contribution is 0.491. The van der Waals surface area contributed by atoms with Crippen molar-refractivity contribution in [1.82, 2.24) is 24.4 Å². The normalized spacial score (nSPS) is 11.6. The molecule has 0 aliphatic heterocycles. The Hall–Kier alpha value is -2.02. The second kappa shape index (κ2) is 4.82. The average molecular weight is 288 g/mol. The van der Waals surface area contributed by atoms with E-state index in [0.717, 1.165) is 21.5 Å². The number of rotatable bonds is 3. The Balaban J connectivity index is 2.07. The third-order valence-corrected chi connectivity index (χ3v) is 4.11. The van der Waals surface area contributed by atoms with E-state index >= 15 is 0 Å². The van der Waals surface area contributed by atoms with E-state index in [-0.39, 0.29) is 6.04 Å². The van der Waals surface area contributed by atoms with Crippen LogP contribution < -0.4 is 5.73 Å². The van der Waals surface area contributed by atoms with Crippen molar-refractivity contribution >= 4 is 23.1 Å². The van der Waals surface area contributed by atoms with Gasteiger partial charge in [0.2, 0.25) is 5.16 Å². The summed E-state index contributed by atoms with van der Waals surface area (Å²) >= 11 is 1.49. The Bertz CT molecular complexity index is 757. The summed E-state index contributed by atoms with van der Waals surface area (Å²) in [6.45, 7) is 6.08. The minimum atomic E-state index is 0.243. The van der Waals surface area contributed by atoms with Crippen molar-refractivity contribution in [3.05, 3.63) is 30.1 Å². The molecule has 0 unspecified atom stereocenters. The number of aromatic nitrogens is 5. The fourth-order valence-electron chi connectivity index (χ4n) is 1.97. The van der Waals surface area contributed by atoms with Crippen LogP contribution in [0.2, 0.25) is 0 Å². The van der Waals surface area contributed by atoms with Gasteiger partial charge in [-0.15, -0.1) is 10.2 Å². The molecule has 0 aliphatic carbocycles. The minimum absolute atomic E-state index is 0.243. The smallest absolute Gasteiger partial charge is 0.201 e. The molecule has 3 aromatic heterocycles. The lowest BCUT2D eigenvalue weighted by atomic mass is 10.4. The van der Waals surface area contributed by atoms with E-state index in [1.807, 2.05) is 40.4 Å². The molecule has 2 N–H and O–H groups in total. The number of hydrogen-bond acceptors (Lipinski definition) is 5. The van der Waals surface area contributed by atoms with Gasteiger partial charge in [-0.3, -0.25) is 9.08 Å². The lowest BCUT2D eigenvalue weighted by Crippen LogP contribution is -2.05. The Morgan fingerprint density at radius 2 is 2.05 bits per heavy atom. The molecule has 0 saturated heterocycles. The van der Waals surface area contributed by atoms with Crippen LogP contribution in [0, 0.1) is 6.92 Å². The summed E-state index contributed by atoms with van der Waals surface area (Å²) in [7, 11) is 0. The first-order valence-electron chi connectivity index (χ1n) is 6.40. The maximum atomic E-state index is 6.14. The van der Waals surface area contributed by atoms with Crippen molar-refractivity contribution in [2.24, 2.45) is 0 Å². The van der Waals surface area contributed by atoms with Crippen LogP contribution in [0.3, 0.4) is 0 Å². The van der Waals surface area contributed by atoms with Gasteiger partial charge in [0.1, 0.15) is 5.03 Å². The van der Waals surface area contributed by atoms with Crippen molar-refractivity contribution < 1.29 is 0 Å². The van der Waals surface area contributed by atoms with E-state index in [1.165, 1.54) is 11.8 Å². The van der Waals surface area contributed by atoms with Crippen LogP contribution in [0.5, 0.6) is 0 Å². The molecule has 0 aliphatic rings. The summed E-state index contributed by atoms with van der Waals surface area (Å²) in [5.74, 6) is 0. The molecular weight excluding hydrogens is 272 g/mol.